The Morgan fingerprint density at radius 3 is 1.98 bits per heavy atom. The average Bonchev–Trinajstić information content (AvgIpc) is 3.62. The van der Waals surface area contributed by atoms with Crippen LogP contribution >= 0.6 is 55.1 Å². The third-order valence-corrected chi connectivity index (χ3v) is 13.8. The molecule has 6 rings (SSSR count). The number of amides is 3. The number of nitrogens with zero attached hydrogens (tertiary/aromatic N) is 2. The highest BCUT2D eigenvalue weighted by molar-refractivity contribution is 9.12. The van der Waals surface area contributed by atoms with Crippen molar-refractivity contribution < 1.29 is 31.8 Å². The summed E-state index contributed by atoms with van der Waals surface area (Å²) >= 11 is 19.5. The second-order valence-electron chi connectivity index (χ2n) is 11.3. The summed E-state index contributed by atoms with van der Waals surface area (Å²) in [6, 6.07) is 15.6. The number of ketones is 1. The molecule has 1 aliphatic heterocycles. The second kappa shape index (κ2) is 12.1. The summed E-state index contributed by atoms with van der Waals surface area (Å²) in [6.07, 6.45) is 0.695. The van der Waals surface area contributed by atoms with Gasteiger partial charge in [0, 0.05) is 20.8 Å². The summed E-state index contributed by atoms with van der Waals surface area (Å²) in [5.74, 6) is -3.93. The monoisotopic (exact) mass is 796 g/mol. The summed E-state index contributed by atoms with van der Waals surface area (Å²) < 4.78 is 30.6. The molecule has 0 radical (unpaired) electrons. The molecular formula is C31H24Br2Cl2N2O7S. The zero-order valence-corrected chi connectivity index (χ0v) is 28.9. The van der Waals surface area contributed by atoms with Crippen LogP contribution in [0.2, 0.25) is 10.0 Å². The fourth-order valence-corrected chi connectivity index (χ4v) is 9.49. The first-order chi connectivity index (χ1) is 21.3. The van der Waals surface area contributed by atoms with E-state index in [1.807, 2.05) is 6.92 Å². The van der Waals surface area contributed by atoms with Gasteiger partial charge in [-0.05, 0) is 79.8 Å². The first kappa shape index (κ1) is 32.2. The summed E-state index contributed by atoms with van der Waals surface area (Å²) in [7, 11) is -4.12. The minimum atomic E-state index is -4.12. The lowest BCUT2D eigenvalue weighted by Gasteiger charge is -2.31. The molecular weight excluding hydrogens is 775 g/mol. The molecule has 3 aliphatic rings. The van der Waals surface area contributed by atoms with Crippen LogP contribution in [0.15, 0.2) is 71.6 Å². The SMILES string of the molecule is Cc1ccc(S(=O)(=O)Oc2ccc(C(=O)CN(C(=O)c3ccc(Cl)c(Cl)c3)N3C(=O)[C@@H]4[C@H]5C[C@@H]([C@@H](Br)[C@H]5Br)[C@H]4C3=O)cc2)cc1. The summed E-state index contributed by atoms with van der Waals surface area (Å²) in [5, 5.41) is 1.97. The highest BCUT2D eigenvalue weighted by atomic mass is 79.9. The van der Waals surface area contributed by atoms with Gasteiger partial charge in [-0.15, -0.1) is 0 Å². The number of alkyl halides is 2. The minimum absolute atomic E-state index is 0.0168. The van der Waals surface area contributed by atoms with Gasteiger partial charge >= 0.3 is 10.1 Å². The van der Waals surface area contributed by atoms with Gasteiger partial charge in [0.1, 0.15) is 17.2 Å². The molecule has 1 heterocycles. The highest BCUT2D eigenvalue weighted by Crippen LogP contribution is 2.60. The standard InChI is InChI=1S/C31H24Br2Cl2N2O7S/c1-15-2-9-19(10-3-15)45(42,43)44-18-7-4-16(5-8-18)24(38)14-36(29(39)17-6-11-22(34)23(35)12-17)37-30(40)25-20-13-21(26(25)31(37)41)28(33)27(20)32/h2-12,20-21,25-28H,13-14H2,1H3/t20-,21-,25-,26-,27-,28+/m1/s1. The van der Waals surface area contributed by atoms with Crippen molar-refractivity contribution in [3.63, 3.8) is 0 Å². The van der Waals surface area contributed by atoms with Crippen molar-refractivity contribution in [1.29, 1.82) is 0 Å². The zero-order valence-electron chi connectivity index (χ0n) is 23.4. The molecule has 234 valence electrons. The van der Waals surface area contributed by atoms with Gasteiger partial charge in [0.15, 0.2) is 5.78 Å². The predicted molar refractivity (Wildman–Crippen MR) is 173 cm³/mol. The smallest absolute Gasteiger partial charge is 0.339 e. The van der Waals surface area contributed by atoms with Crippen molar-refractivity contribution in [3.05, 3.63) is 93.5 Å². The van der Waals surface area contributed by atoms with Gasteiger partial charge in [-0.1, -0.05) is 72.8 Å². The van der Waals surface area contributed by atoms with E-state index in [0.29, 0.717) is 6.42 Å². The Morgan fingerprint density at radius 1 is 0.867 bits per heavy atom. The summed E-state index contributed by atoms with van der Waals surface area (Å²) in [4.78, 5) is 55.0. The minimum Gasteiger partial charge on any atom is -0.379 e. The van der Waals surface area contributed by atoms with Gasteiger partial charge in [-0.2, -0.15) is 13.4 Å². The fourth-order valence-electron chi connectivity index (χ4n) is 6.39. The average molecular weight is 799 g/mol. The Balaban J connectivity index is 1.27. The molecule has 9 nitrogen and oxygen atoms in total. The lowest BCUT2D eigenvalue weighted by molar-refractivity contribution is -0.154. The van der Waals surface area contributed by atoms with Crippen molar-refractivity contribution in [2.75, 3.05) is 6.54 Å². The number of carbonyl (C=O) groups is 4. The molecule has 14 heteroatoms. The Morgan fingerprint density at radius 2 is 1.42 bits per heavy atom. The largest absolute Gasteiger partial charge is 0.379 e. The van der Waals surface area contributed by atoms with E-state index in [1.165, 1.54) is 54.6 Å². The maximum Gasteiger partial charge on any atom is 0.339 e. The fraction of sp³-hybridized carbons (Fsp3) is 0.290. The highest BCUT2D eigenvalue weighted by Gasteiger charge is 2.67. The van der Waals surface area contributed by atoms with Gasteiger partial charge in [0.25, 0.3) is 17.7 Å². The number of imide groups is 1. The van der Waals surface area contributed by atoms with Crippen molar-refractivity contribution in [2.24, 2.45) is 23.7 Å². The summed E-state index contributed by atoms with van der Waals surface area (Å²) in [5.41, 5.74) is 1.01. The van der Waals surface area contributed by atoms with Crippen LogP contribution in [-0.2, 0) is 19.7 Å². The van der Waals surface area contributed by atoms with Gasteiger partial charge < -0.3 is 4.18 Å². The Kier molecular flexibility index (Phi) is 8.66. The van der Waals surface area contributed by atoms with E-state index in [1.54, 1.807) is 12.1 Å². The van der Waals surface area contributed by atoms with Crippen LogP contribution in [-0.4, -0.2) is 58.1 Å². The molecule has 2 aliphatic carbocycles. The van der Waals surface area contributed by atoms with Crippen LogP contribution in [0.1, 0.15) is 32.7 Å². The first-order valence-electron chi connectivity index (χ1n) is 13.9. The number of rotatable bonds is 8. The van der Waals surface area contributed by atoms with Crippen molar-refractivity contribution in [3.8, 4) is 5.75 Å². The molecule has 2 bridgehead atoms. The predicted octanol–water partition coefficient (Wildman–Crippen LogP) is 6.09. The topological polar surface area (TPSA) is 118 Å². The molecule has 0 unspecified atom stereocenters. The molecule has 2 saturated carbocycles. The van der Waals surface area contributed by atoms with E-state index in [9.17, 15) is 27.6 Å². The zero-order chi connectivity index (χ0) is 32.4. The third-order valence-electron chi connectivity index (χ3n) is 8.59. The maximum absolute atomic E-state index is 13.9. The number of hydrogen-bond acceptors (Lipinski definition) is 7. The molecule has 3 fully saturated rings. The van der Waals surface area contributed by atoms with Crippen LogP contribution in [0.4, 0.5) is 0 Å². The molecule has 3 aromatic carbocycles. The normalized spacial score (nSPS) is 25.4. The van der Waals surface area contributed by atoms with Crippen molar-refractivity contribution >= 4 is 88.7 Å². The van der Waals surface area contributed by atoms with Crippen LogP contribution in [0, 0.1) is 30.6 Å². The van der Waals surface area contributed by atoms with Gasteiger partial charge in [-0.3, -0.25) is 19.2 Å². The van der Waals surface area contributed by atoms with E-state index in [2.05, 4.69) is 31.9 Å². The molecule has 1 saturated heterocycles. The summed E-state index contributed by atoms with van der Waals surface area (Å²) in [6.45, 7) is 1.18. The number of fused-ring (bicyclic) bond motifs is 5. The van der Waals surface area contributed by atoms with Crippen molar-refractivity contribution in [2.45, 2.75) is 27.9 Å². The number of benzene rings is 3. The molecule has 45 heavy (non-hydrogen) atoms. The molecule has 3 aromatic rings. The van der Waals surface area contributed by atoms with E-state index < -0.39 is 52.0 Å². The van der Waals surface area contributed by atoms with E-state index in [4.69, 9.17) is 27.4 Å². The number of hydrazine groups is 1. The number of carbonyl (C=O) groups excluding carboxylic acids is 4. The number of aryl methyl sites for hydroxylation is 1. The number of hydrogen-bond donors (Lipinski definition) is 0. The van der Waals surface area contributed by atoms with Crippen LogP contribution in [0.5, 0.6) is 5.75 Å². The van der Waals surface area contributed by atoms with Crippen LogP contribution < -0.4 is 4.18 Å². The lowest BCUT2D eigenvalue weighted by Crippen LogP contribution is -2.52. The van der Waals surface area contributed by atoms with Crippen molar-refractivity contribution in [1.82, 2.24) is 10.0 Å². The van der Waals surface area contributed by atoms with Crippen LogP contribution in [0.25, 0.3) is 0 Å². The van der Waals surface area contributed by atoms with Gasteiger partial charge in [0.2, 0.25) is 0 Å². The molecule has 0 spiro atoms. The lowest BCUT2D eigenvalue weighted by atomic mass is 9.81. The van der Waals surface area contributed by atoms with Crippen LogP contribution in [0.3, 0.4) is 0 Å². The molecule has 0 aromatic heterocycles. The molecule has 0 N–H and O–H groups in total. The van der Waals surface area contributed by atoms with E-state index >= 15 is 0 Å². The molecule has 3 amide bonds. The second-order valence-corrected chi connectivity index (χ2v) is 15.8. The Hall–Kier alpha value is -2.77. The number of Topliss-reactive ketones (excluding diaryl/α,β-unsaturated/α-hetero) is 1. The Bertz CT molecular complexity index is 1810. The third kappa shape index (κ3) is 5.73. The van der Waals surface area contributed by atoms with Gasteiger partial charge in [0.05, 0.1) is 21.9 Å². The Labute approximate surface area is 286 Å². The quantitative estimate of drug-likeness (QED) is 0.117. The number of halogens is 4. The molecule has 6 atom stereocenters. The van der Waals surface area contributed by atoms with E-state index in [0.717, 1.165) is 15.6 Å². The van der Waals surface area contributed by atoms with E-state index in [-0.39, 0.29) is 53.3 Å². The first-order valence-corrected chi connectivity index (χ1v) is 17.8. The van der Waals surface area contributed by atoms with Gasteiger partial charge in [-0.25, -0.2) is 5.01 Å². The maximum atomic E-state index is 13.9.